The van der Waals surface area contributed by atoms with Crippen molar-refractivity contribution >= 4 is 23.2 Å². The van der Waals surface area contributed by atoms with Crippen LogP contribution in [0.1, 0.15) is 6.42 Å². The van der Waals surface area contributed by atoms with Crippen molar-refractivity contribution in [3.8, 4) is 0 Å². The van der Waals surface area contributed by atoms with E-state index in [-0.39, 0.29) is 12.7 Å². The molecule has 2 rings (SSSR count). The highest BCUT2D eigenvalue weighted by molar-refractivity contribution is 6.33. The van der Waals surface area contributed by atoms with Gasteiger partial charge in [-0.15, -0.1) is 0 Å². The number of hydrogen-bond donors (Lipinski definition) is 0. The van der Waals surface area contributed by atoms with Crippen LogP contribution in [0.3, 0.4) is 0 Å². The molecule has 0 radical (unpaired) electrons. The van der Waals surface area contributed by atoms with Gasteiger partial charge in [-0.05, 0) is 18.6 Å². The van der Waals surface area contributed by atoms with Crippen LogP contribution in [0, 0.1) is 5.92 Å². The molecule has 1 aromatic rings. The van der Waals surface area contributed by atoms with Crippen LogP contribution >= 0.6 is 23.2 Å². The lowest BCUT2D eigenvalue weighted by Crippen LogP contribution is -2.35. The Hall–Kier alpha value is -0.810. The van der Waals surface area contributed by atoms with Crippen LogP contribution < -0.4 is 0 Å². The Balaban J connectivity index is 2.02. The molecule has 2 unspecified atom stereocenters. The zero-order valence-electron chi connectivity index (χ0n) is 10.6. The Morgan fingerprint density at radius 2 is 2.37 bits per heavy atom. The van der Waals surface area contributed by atoms with Crippen molar-refractivity contribution in [2.45, 2.75) is 18.0 Å². The predicted octanol–water partition coefficient (Wildman–Crippen LogP) is 3.14. The number of allylic oxidation sites excluding steroid dienone is 2. The van der Waals surface area contributed by atoms with Crippen LogP contribution in [0.4, 0.5) is 0 Å². The molecular formula is C13H16Cl2N2O2. The quantitative estimate of drug-likeness (QED) is 0.598. The average molecular weight is 303 g/mol. The first kappa shape index (κ1) is 14.6. The number of rotatable bonds is 6. The number of ether oxygens (including phenoxy) is 2. The molecule has 0 saturated carbocycles. The third-order valence-corrected chi connectivity index (χ3v) is 3.72. The van der Waals surface area contributed by atoms with Crippen LogP contribution in [0.2, 0.25) is 0 Å². The van der Waals surface area contributed by atoms with Crippen molar-refractivity contribution in [2.75, 3.05) is 13.9 Å². The molecule has 1 aromatic heterocycles. The molecule has 0 spiro atoms. The van der Waals surface area contributed by atoms with Gasteiger partial charge in [0.15, 0.2) is 5.06 Å². The molecule has 1 aliphatic rings. The molecular weight excluding hydrogens is 287 g/mol. The molecule has 2 atom stereocenters. The molecule has 0 N–H and O–H groups in total. The van der Waals surface area contributed by atoms with E-state index in [2.05, 4.69) is 4.98 Å². The molecule has 104 valence electrons. The Kier molecular flexibility index (Phi) is 5.05. The normalized spacial score (nSPS) is 26.5. The van der Waals surface area contributed by atoms with Gasteiger partial charge in [0.05, 0.1) is 6.33 Å². The van der Waals surface area contributed by atoms with Crippen molar-refractivity contribution in [1.29, 1.82) is 0 Å². The molecule has 1 heterocycles. The molecule has 0 fully saturated rings. The summed E-state index contributed by atoms with van der Waals surface area (Å²) in [6.07, 6.45) is 11.8. The van der Waals surface area contributed by atoms with Crippen LogP contribution in [0.25, 0.3) is 0 Å². The summed E-state index contributed by atoms with van der Waals surface area (Å²) in [5.74, 6) is 0.0224. The SMILES string of the molecule is COCOC1(Cl)C=C(Cl)C=CC1CCn1ccnc1. The molecule has 0 amide bonds. The molecule has 4 nitrogen and oxygen atoms in total. The van der Waals surface area contributed by atoms with Crippen molar-refractivity contribution < 1.29 is 9.47 Å². The van der Waals surface area contributed by atoms with E-state index in [0.717, 1.165) is 13.0 Å². The van der Waals surface area contributed by atoms with E-state index < -0.39 is 5.06 Å². The van der Waals surface area contributed by atoms with E-state index in [0.29, 0.717) is 5.03 Å². The van der Waals surface area contributed by atoms with Gasteiger partial charge in [-0.2, -0.15) is 0 Å². The topological polar surface area (TPSA) is 36.3 Å². The van der Waals surface area contributed by atoms with Crippen LogP contribution in [-0.2, 0) is 16.0 Å². The second kappa shape index (κ2) is 6.57. The average Bonchev–Trinajstić information content (AvgIpc) is 2.88. The van der Waals surface area contributed by atoms with Crippen molar-refractivity contribution in [1.82, 2.24) is 9.55 Å². The maximum Gasteiger partial charge on any atom is 0.171 e. The van der Waals surface area contributed by atoms with Gasteiger partial charge in [0.2, 0.25) is 0 Å². The lowest BCUT2D eigenvalue weighted by molar-refractivity contribution is -0.0882. The number of aromatic nitrogens is 2. The minimum Gasteiger partial charge on any atom is -0.359 e. The van der Waals surface area contributed by atoms with E-state index >= 15 is 0 Å². The van der Waals surface area contributed by atoms with Gasteiger partial charge in [-0.1, -0.05) is 29.3 Å². The van der Waals surface area contributed by atoms with Gasteiger partial charge >= 0.3 is 0 Å². The number of hydrogen-bond acceptors (Lipinski definition) is 3. The minimum absolute atomic E-state index is 0.0224. The maximum atomic E-state index is 6.52. The lowest BCUT2D eigenvalue weighted by Gasteiger charge is -2.33. The fourth-order valence-electron chi connectivity index (χ4n) is 1.98. The molecule has 1 aliphatic carbocycles. The number of nitrogens with zero attached hydrogens (tertiary/aromatic N) is 2. The van der Waals surface area contributed by atoms with Gasteiger partial charge in [0, 0.05) is 37.0 Å². The van der Waals surface area contributed by atoms with E-state index in [1.165, 1.54) is 0 Å². The first-order chi connectivity index (χ1) is 9.14. The summed E-state index contributed by atoms with van der Waals surface area (Å²) in [4.78, 5) is 4.01. The Morgan fingerprint density at radius 3 is 3.05 bits per heavy atom. The van der Waals surface area contributed by atoms with Crippen molar-refractivity contribution in [3.05, 3.63) is 42.0 Å². The summed E-state index contributed by atoms with van der Waals surface area (Å²) < 4.78 is 12.5. The highest BCUT2D eigenvalue weighted by Crippen LogP contribution is 2.38. The van der Waals surface area contributed by atoms with E-state index in [9.17, 15) is 0 Å². The van der Waals surface area contributed by atoms with Gasteiger partial charge in [0.25, 0.3) is 0 Å². The molecule has 0 bridgehead atoms. The van der Waals surface area contributed by atoms with Crippen molar-refractivity contribution in [2.24, 2.45) is 5.92 Å². The Morgan fingerprint density at radius 1 is 1.53 bits per heavy atom. The molecule has 19 heavy (non-hydrogen) atoms. The standard InChI is InChI=1S/C13H16Cl2N2O2/c1-18-10-19-13(15)8-12(14)3-2-11(13)4-6-17-7-5-16-9-17/h2-3,5,7-9,11H,4,6,10H2,1H3. The third kappa shape index (κ3) is 3.83. The number of imidazole rings is 1. The maximum absolute atomic E-state index is 6.52. The molecule has 0 saturated heterocycles. The van der Waals surface area contributed by atoms with Gasteiger partial charge < -0.3 is 14.0 Å². The third-order valence-electron chi connectivity index (χ3n) is 2.98. The van der Waals surface area contributed by atoms with Crippen LogP contribution in [0.5, 0.6) is 0 Å². The summed E-state index contributed by atoms with van der Waals surface area (Å²) in [6.45, 7) is 0.935. The van der Waals surface area contributed by atoms with E-state index in [4.69, 9.17) is 32.7 Å². The highest BCUT2D eigenvalue weighted by Gasteiger charge is 2.36. The molecule has 0 aromatic carbocycles. The van der Waals surface area contributed by atoms with Crippen LogP contribution in [0.15, 0.2) is 42.0 Å². The number of methoxy groups -OCH3 is 1. The molecule has 6 heteroatoms. The second-order valence-corrected chi connectivity index (χ2v) is 5.36. The number of aryl methyl sites for hydroxylation is 1. The van der Waals surface area contributed by atoms with Gasteiger partial charge in [-0.3, -0.25) is 0 Å². The van der Waals surface area contributed by atoms with E-state index in [1.807, 2.05) is 22.9 Å². The first-order valence-electron chi connectivity index (χ1n) is 5.98. The smallest absolute Gasteiger partial charge is 0.171 e. The fraction of sp³-hybridized carbons (Fsp3) is 0.462. The first-order valence-corrected chi connectivity index (χ1v) is 6.74. The fourth-order valence-corrected chi connectivity index (χ4v) is 2.62. The van der Waals surface area contributed by atoms with Gasteiger partial charge in [-0.25, -0.2) is 4.98 Å². The zero-order valence-corrected chi connectivity index (χ0v) is 12.1. The predicted molar refractivity (Wildman–Crippen MR) is 75.0 cm³/mol. The zero-order chi connectivity index (χ0) is 13.7. The summed E-state index contributed by atoms with van der Waals surface area (Å²) in [5.41, 5.74) is 0. The molecule has 0 aliphatic heterocycles. The van der Waals surface area contributed by atoms with Crippen molar-refractivity contribution in [3.63, 3.8) is 0 Å². The number of alkyl halides is 1. The number of halogens is 2. The second-order valence-electron chi connectivity index (χ2n) is 4.33. The minimum atomic E-state index is -0.956. The van der Waals surface area contributed by atoms with Gasteiger partial charge in [0.1, 0.15) is 6.79 Å². The monoisotopic (exact) mass is 302 g/mol. The van der Waals surface area contributed by atoms with Crippen LogP contribution in [-0.4, -0.2) is 28.5 Å². The Labute approximate surface area is 122 Å². The highest BCUT2D eigenvalue weighted by atomic mass is 35.5. The summed E-state index contributed by atoms with van der Waals surface area (Å²) in [7, 11) is 1.56. The summed E-state index contributed by atoms with van der Waals surface area (Å²) in [5, 5.41) is -0.382. The van der Waals surface area contributed by atoms with E-state index in [1.54, 1.807) is 25.7 Å². The summed E-state index contributed by atoms with van der Waals surface area (Å²) >= 11 is 12.5. The Bertz CT molecular complexity index is 459. The largest absolute Gasteiger partial charge is 0.359 e. The lowest BCUT2D eigenvalue weighted by atomic mass is 9.93. The summed E-state index contributed by atoms with van der Waals surface area (Å²) in [6, 6.07) is 0.